The van der Waals surface area contributed by atoms with Crippen LogP contribution >= 0.6 is 0 Å². The molecule has 0 spiro atoms. The molecule has 1 heteroatoms. The average molecular weight is 644 g/mol. The minimum atomic E-state index is -0.122. The molecule has 50 heavy (non-hydrogen) atoms. The maximum Gasteiger partial charge on any atom is 0.0496 e. The van der Waals surface area contributed by atoms with Crippen LogP contribution in [0.25, 0.3) is 44.5 Å². The summed E-state index contributed by atoms with van der Waals surface area (Å²) < 4.78 is 0. The first-order chi connectivity index (χ1) is 24.6. The van der Waals surface area contributed by atoms with Crippen molar-refractivity contribution in [1.82, 2.24) is 0 Å². The van der Waals surface area contributed by atoms with Crippen LogP contribution in [0.3, 0.4) is 0 Å². The Balaban J connectivity index is 1.15. The van der Waals surface area contributed by atoms with Gasteiger partial charge in [0.15, 0.2) is 0 Å². The van der Waals surface area contributed by atoms with Gasteiger partial charge in [-0.3, -0.25) is 0 Å². The molecule has 0 aliphatic heterocycles. The third kappa shape index (κ3) is 5.17. The molecule has 7 aromatic carbocycles. The van der Waals surface area contributed by atoms with Gasteiger partial charge in [0.1, 0.15) is 0 Å². The summed E-state index contributed by atoms with van der Waals surface area (Å²) in [5.41, 5.74) is 19.6. The number of nitrogens with zero attached hydrogens (tertiary/aromatic N) is 1. The van der Waals surface area contributed by atoms with Crippen molar-refractivity contribution in [3.8, 4) is 44.5 Å². The Kier molecular flexibility index (Phi) is 7.50. The Bertz CT molecular complexity index is 2310. The summed E-state index contributed by atoms with van der Waals surface area (Å²) in [6, 6.07) is 60.6. The second-order valence-corrected chi connectivity index (χ2v) is 14.4. The summed E-state index contributed by atoms with van der Waals surface area (Å²) in [6.45, 7) is 4.78. The van der Waals surface area contributed by atoms with Gasteiger partial charge in [-0.1, -0.05) is 147 Å². The van der Waals surface area contributed by atoms with Crippen LogP contribution in [0.15, 0.2) is 164 Å². The highest BCUT2D eigenvalue weighted by atomic mass is 15.1. The van der Waals surface area contributed by atoms with Crippen molar-refractivity contribution in [1.29, 1.82) is 0 Å². The van der Waals surface area contributed by atoms with Crippen molar-refractivity contribution < 1.29 is 0 Å². The molecule has 1 nitrogen and oxygen atoms in total. The van der Waals surface area contributed by atoms with E-state index in [-0.39, 0.29) is 5.41 Å². The first-order valence-electron chi connectivity index (χ1n) is 18.1. The Hall–Kier alpha value is -5.66. The van der Waals surface area contributed by atoms with E-state index in [1.165, 1.54) is 96.7 Å². The highest BCUT2D eigenvalue weighted by molar-refractivity contribution is 5.94. The Labute approximate surface area is 296 Å². The molecule has 7 aromatic rings. The molecule has 242 valence electrons. The lowest BCUT2D eigenvalue weighted by atomic mass is 9.81. The van der Waals surface area contributed by atoms with Crippen LogP contribution in [0.5, 0.6) is 0 Å². The summed E-state index contributed by atoms with van der Waals surface area (Å²) in [4.78, 5) is 2.52. The summed E-state index contributed by atoms with van der Waals surface area (Å²) in [5.74, 6) is 0. The first kappa shape index (κ1) is 30.4. The number of aryl methyl sites for hydroxylation is 1. The van der Waals surface area contributed by atoms with E-state index in [0.717, 1.165) is 12.8 Å². The number of hydrogen-bond acceptors (Lipinski definition) is 1. The monoisotopic (exact) mass is 643 g/mol. The van der Waals surface area contributed by atoms with Gasteiger partial charge in [0.25, 0.3) is 0 Å². The van der Waals surface area contributed by atoms with Crippen molar-refractivity contribution in [2.24, 2.45) is 0 Å². The van der Waals surface area contributed by atoms with Crippen LogP contribution in [0.1, 0.15) is 48.9 Å². The highest BCUT2D eigenvalue weighted by Gasteiger charge is 2.37. The molecule has 0 radical (unpaired) electrons. The molecular weight excluding hydrogens is 603 g/mol. The molecule has 0 aromatic heterocycles. The fourth-order valence-electron chi connectivity index (χ4n) is 8.46. The molecule has 0 heterocycles. The summed E-state index contributed by atoms with van der Waals surface area (Å²) >= 11 is 0. The van der Waals surface area contributed by atoms with Crippen LogP contribution in [-0.4, -0.2) is 0 Å². The minimum absolute atomic E-state index is 0.122. The molecule has 0 N–H and O–H groups in total. The van der Waals surface area contributed by atoms with Crippen LogP contribution < -0.4 is 4.90 Å². The standard InChI is InChI=1S/C49H41N/c1-49(2)45-21-12-20-43(39-15-7-4-8-16-39)48(45)44-32-31-41(33-46(44)49)50(47-22-11-18-38-17-9-10-19-42(38)47)40-29-27-37(28-30-40)36-25-23-35(24-26-36)34-13-5-3-6-14-34/h3-8,11-16,18,20-33H,9-10,17,19H2,1-2H3. The van der Waals surface area contributed by atoms with E-state index >= 15 is 0 Å². The van der Waals surface area contributed by atoms with E-state index in [1.807, 2.05) is 0 Å². The lowest BCUT2D eigenvalue weighted by Crippen LogP contribution is -2.18. The Morgan fingerprint density at radius 2 is 1.02 bits per heavy atom. The van der Waals surface area contributed by atoms with Crippen LogP contribution in [0, 0.1) is 0 Å². The van der Waals surface area contributed by atoms with Crippen LogP contribution in [-0.2, 0) is 18.3 Å². The van der Waals surface area contributed by atoms with Crippen molar-refractivity contribution in [3.63, 3.8) is 0 Å². The van der Waals surface area contributed by atoms with E-state index in [2.05, 4.69) is 183 Å². The Morgan fingerprint density at radius 1 is 0.440 bits per heavy atom. The van der Waals surface area contributed by atoms with Gasteiger partial charge in [-0.25, -0.2) is 0 Å². The quantitative estimate of drug-likeness (QED) is 0.174. The van der Waals surface area contributed by atoms with Crippen LogP contribution in [0.2, 0.25) is 0 Å². The highest BCUT2D eigenvalue weighted by Crippen LogP contribution is 2.54. The number of hydrogen-bond donors (Lipinski definition) is 0. The Morgan fingerprint density at radius 3 is 1.72 bits per heavy atom. The predicted octanol–water partition coefficient (Wildman–Crippen LogP) is 13.3. The lowest BCUT2D eigenvalue weighted by molar-refractivity contribution is 0.660. The van der Waals surface area contributed by atoms with E-state index in [9.17, 15) is 0 Å². The predicted molar refractivity (Wildman–Crippen MR) is 212 cm³/mol. The second kappa shape index (κ2) is 12.3. The average Bonchev–Trinajstić information content (AvgIpc) is 3.41. The zero-order chi connectivity index (χ0) is 33.7. The smallest absolute Gasteiger partial charge is 0.0496 e. The van der Waals surface area contributed by atoms with E-state index in [1.54, 1.807) is 0 Å². The maximum absolute atomic E-state index is 2.52. The number of rotatable bonds is 6. The van der Waals surface area contributed by atoms with Gasteiger partial charge in [-0.05, 0) is 123 Å². The molecule has 0 atom stereocenters. The van der Waals surface area contributed by atoms with Gasteiger partial charge in [-0.15, -0.1) is 0 Å². The van der Waals surface area contributed by atoms with Gasteiger partial charge < -0.3 is 4.90 Å². The van der Waals surface area contributed by atoms with Crippen LogP contribution in [0.4, 0.5) is 17.1 Å². The second-order valence-electron chi connectivity index (χ2n) is 14.4. The zero-order valence-electron chi connectivity index (χ0n) is 28.9. The molecule has 2 aliphatic rings. The molecule has 0 saturated carbocycles. The topological polar surface area (TPSA) is 3.24 Å². The normalized spacial score (nSPS) is 14.0. The summed E-state index contributed by atoms with van der Waals surface area (Å²) in [6.07, 6.45) is 4.79. The zero-order valence-corrected chi connectivity index (χ0v) is 28.9. The largest absolute Gasteiger partial charge is 0.310 e. The maximum atomic E-state index is 2.52. The van der Waals surface area contributed by atoms with Crippen molar-refractivity contribution >= 4 is 17.1 Å². The van der Waals surface area contributed by atoms with Gasteiger partial charge in [-0.2, -0.15) is 0 Å². The first-order valence-corrected chi connectivity index (χ1v) is 18.1. The van der Waals surface area contributed by atoms with Gasteiger partial charge >= 0.3 is 0 Å². The molecule has 0 bridgehead atoms. The number of anilines is 3. The van der Waals surface area contributed by atoms with Crippen molar-refractivity contribution in [3.05, 3.63) is 186 Å². The number of fused-ring (bicyclic) bond motifs is 4. The fourth-order valence-corrected chi connectivity index (χ4v) is 8.46. The van der Waals surface area contributed by atoms with E-state index in [4.69, 9.17) is 0 Å². The summed E-state index contributed by atoms with van der Waals surface area (Å²) in [7, 11) is 0. The summed E-state index contributed by atoms with van der Waals surface area (Å²) in [5, 5.41) is 0. The molecule has 0 unspecified atom stereocenters. The molecule has 0 fully saturated rings. The van der Waals surface area contributed by atoms with Gasteiger partial charge in [0.2, 0.25) is 0 Å². The molecule has 9 rings (SSSR count). The molecule has 0 amide bonds. The van der Waals surface area contributed by atoms with E-state index < -0.39 is 0 Å². The SMILES string of the molecule is CC1(C)c2cc(N(c3ccc(-c4ccc(-c5ccccc5)cc4)cc3)c3cccc4c3CCCC4)ccc2-c2c(-c3ccccc3)cccc21. The molecule has 2 aliphatic carbocycles. The fraction of sp³-hybridized carbons (Fsp3) is 0.143. The van der Waals surface area contributed by atoms with Gasteiger partial charge in [0, 0.05) is 22.5 Å². The third-order valence-corrected chi connectivity index (χ3v) is 11.1. The van der Waals surface area contributed by atoms with E-state index in [0.29, 0.717) is 0 Å². The minimum Gasteiger partial charge on any atom is -0.310 e. The van der Waals surface area contributed by atoms with Gasteiger partial charge in [0.05, 0.1) is 0 Å². The van der Waals surface area contributed by atoms with Crippen molar-refractivity contribution in [2.75, 3.05) is 4.90 Å². The molecule has 0 saturated heterocycles. The lowest BCUT2D eigenvalue weighted by Gasteiger charge is -2.31. The van der Waals surface area contributed by atoms with Crippen molar-refractivity contribution in [2.45, 2.75) is 44.9 Å². The number of benzene rings is 7. The third-order valence-electron chi connectivity index (χ3n) is 11.1. The molecular formula is C49H41N.